The maximum absolute atomic E-state index is 11.8. The summed E-state index contributed by atoms with van der Waals surface area (Å²) < 4.78 is 28.5. The number of benzene rings is 1. The van der Waals surface area contributed by atoms with E-state index in [1.54, 1.807) is 37.3 Å². The Balaban J connectivity index is 2.85. The minimum atomic E-state index is -3.65. The van der Waals surface area contributed by atoms with Crippen LogP contribution in [-0.2, 0) is 14.3 Å². The summed E-state index contributed by atoms with van der Waals surface area (Å²) in [6, 6.07) is 6.58. The molecule has 0 aliphatic rings. The van der Waals surface area contributed by atoms with Crippen LogP contribution < -0.4 is 0 Å². The van der Waals surface area contributed by atoms with E-state index in [9.17, 15) is 8.42 Å². The van der Waals surface area contributed by atoms with Gasteiger partial charge in [0.25, 0.3) is 10.1 Å². The van der Waals surface area contributed by atoms with E-state index >= 15 is 0 Å². The summed E-state index contributed by atoms with van der Waals surface area (Å²) in [5.74, 6) is 0. The van der Waals surface area contributed by atoms with E-state index < -0.39 is 10.1 Å². The van der Waals surface area contributed by atoms with Crippen LogP contribution >= 0.6 is 0 Å². The maximum atomic E-state index is 11.8. The van der Waals surface area contributed by atoms with Crippen LogP contribution in [0.2, 0.25) is 0 Å². The van der Waals surface area contributed by atoms with E-state index in [0.717, 1.165) is 5.56 Å². The minimum absolute atomic E-state index is 0.189. The number of hydrogen-bond donors (Lipinski definition) is 0. The molecular weight excluding hydrogens is 224 g/mol. The smallest absolute Gasteiger partial charge is 0.263 e. The molecule has 0 amide bonds. The van der Waals surface area contributed by atoms with E-state index in [4.69, 9.17) is 4.18 Å². The Hall–Kier alpha value is -1.13. The van der Waals surface area contributed by atoms with E-state index in [1.165, 1.54) is 0 Å². The molecule has 0 saturated heterocycles. The van der Waals surface area contributed by atoms with Crippen molar-refractivity contribution in [1.82, 2.24) is 0 Å². The summed E-state index contributed by atoms with van der Waals surface area (Å²) in [6.07, 6.45) is 1.75. The van der Waals surface area contributed by atoms with Gasteiger partial charge >= 0.3 is 0 Å². The van der Waals surface area contributed by atoms with Crippen molar-refractivity contribution in [3.05, 3.63) is 42.5 Å². The molecule has 1 atom stereocenters. The Morgan fingerprint density at radius 1 is 1.38 bits per heavy atom. The highest BCUT2D eigenvalue weighted by molar-refractivity contribution is 7.86. The highest BCUT2D eigenvalue weighted by Crippen LogP contribution is 2.16. The van der Waals surface area contributed by atoms with Gasteiger partial charge in [-0.25, -0.2) is 0 Å². The van der Waals surface area contributed by atoms with Gasteiger partial charge in [0.2, 0.25) is 0 Å². The van der Waals surface area contributed by atoms with Crippen LogP contribution in [-0.4, -0.2) is 14.5 Å². The number of hydrogen-bond acceptors (Lipinski definition) is 3. The second kappa shape index (κ2) is 5.27. The molecule has 0 unspecified atom stereocenters. The molecule has 0 fully saturated rings. The SMILES string of the molecule is C=CC[C@H](C)OS(=O)(=O)c1ccc(C)cc1. The molecule has 0 aliphatic carbocycles. The Labute approximate surface area is 96.9 Å². The highest BCUT2D eigenvalue weighted by Gasteiger charge is 2.17. The van der Waals surface area contributed by atoms with E-state index in [0.29, 0.717) is 6.42 Å². The Bertz CT molecular complexity index is 446. The van der Waals surface area contributed by atoms with Crippen molar-refractivity contribution in [3.63, 3.8) is 0 Å². The first-order valence-electron chi connectivity index (χ1n) is 5.06. The van der Waals surface area contributed by atoms with Gasteiger partial charge in [-0.05, 0) is 32.4 Å². The first kappa shape index (κ1) is 12.9. The average molecular weight is 240 g/mol. The first-order chi connectivity index (χ1) is 7.45. The van der Waals surface area contributed by atoms with Gasteiger partial charge in [-0.3, -0.25) is 4.18 Å². The van der Waals surface area contributed by atoms with E-state index in [2.05, 4.69) is 6.58 Å². The largest absolute Gasteiger partial charge is 0.297 e. The zero-order chi connectivity index (χ0) is 12.2. The summed E-state index contributed by atoms with van der Waals surface area (Å²) in [5, 5.41) is 0. The van der Waals surface area contributed by atoms with Crippen molar-refractivity contribution in [2.75, 3.05) is 0 Å². The summed E-state index contributed by atoms with van der Waals surface area (Å²) >= 11 is 0. The maximum Gasteiger partial charge on any atom is 0.297 e. The second-order valence-electron chi connectivity index (χ2n) is 3.70. The third-order valence-electron chi connectivity index (χ3n) is 2.10. The van der Waals surface area contributed by atoms with Crippen molar-refractivity contribution in [2.45, 2.75) is 31.3 Å². The molecule has 88 valence electrons. The van der Waals surface area contributed by atoms with Crippen molar-refractivity contribution >= 4 is 10.1 Å². The molecule has 0 aliphatic heterocycles. The van der Waals surface area contributed by atoms with Crippen LogP contribution in [0.5, 0.6) is 0 Å². The predicted molar refractivity (Wildman–Crippen MR) is 63.7 cm³/mol. The molecule has 0 bridgehead atoms. The third kappa shape index (κ3) is 3.47. The Morgan fingerprint density at radius 3 is 2.44 bits per heavy atom. The standard InChI is InChI=1S/C12H16O3S/c1-4-5-11(3)15-16(13,14)12-8-6-10(2)7-9-12/h4,6-9,11H,1,5H2,2-3H3/t11-/m0/s1. The van der Waals surface area contributed by atoms with Gasteiger partial charge in [0.05, 0.1) is 11.0 Å². The van der Waals surface area contributed by atoms with E-state index in [-0.39, 0.29) is 11.0 Å². The normalized spacial score (nSPS) is 13.4. The molecule has 1 aromatic rings. The highest BCUT2D eigenvalue weighted by atomic mass is 32.2. The van der Waals surface area contributed by atoms with Gasteiger partial charge < -0.3 is 0 Å². The van der Waals surface area contributed by atoms with Crippen molar-refractivity contribution in [1.29, 1.82) is 0 Å². The zero-order valence-corrected chi connectivity index (χ0v) is 10.3. The predicted octanol–water partition coefficient (Wildman–Crippen LogP) is 2.66. The second-order valence-corrected chi connectivity index (χ2v) is 5.27. The van der Waals surface area contributed by atoms with Gasteiger partial charge in [-0.15, -0.1) is 6.58 Å². The summed E-state index contributed by atoms with van der Waals surface area (Å²) in [6.45, 7) is 7.14. The van der Waals surface area contributed by atoms with Crippen molar-refractivity contribution in [2.24, 2.45) is 0 Å². The molecule has 1 aromatic carbocycles. The monoisotopic (exact) mass is 240 g/mol. The van der Waals surface area contributed by atoms with Crippen LogP contribution in [0.15, 0.2) is 41.8 Å². The third-order valence-corrected chi connectivity index (χ3v) is 3.53. The molecule has 0 saturated carbocycles. The lowest BCUT2D eigenvalue weighted by Crippen LogP contribution is -2.14. The van der Waals surface area contributed by atoms with Gasteiger partial charge in [-0.1, -0.05) is 23.8 Å². The minimum Gasteiger partial charge on any atom is -0.263 e. The quantitative estimate of drug-likeness (QED) is 0.587. The van der Waals surface area contributed by atoms with Crippen LogP contribution in [0.4, 0.5) is 0 Å². The molecule has 4 heteroatoms. The lowest BCUT2D eigenvalue weighted by atomic mass is 10.2. The molecule has 1 rings (SSSR count). The van der Waals surface area contributed by atoms with Crippen LogP contribution in [0, 0.1) is 6.92 Å². The Kier molecular flexibility index (Phi) is 4.26. The molecule has 0 aromatic heterocycles. The molecular formula is C12H16O3S. The van der Waals surface area contributed by atoms with Gasteiger partial charge in [0.1, 0.15) is 0 Å². The fourth-order valence-electron chi connectivity index (χ4n) is 1.25. The lowest BCUT2D eigenvalue weighted by Gasteiger charge is -2.11. The average Bonchev–Trinajstić information content (AvgIpc) is 2.17. The molecule has 0 heterocycles. The first-order valence-corrected chi connectivity index (χ1v) is 6.47. The van der Waals surface area contributed by atoms with Gasteiger partial charge in [0.15, 0.2) is 0 Å². The molecule has 0 radical (unpaired) electrons. The summed E-state index contributed by atoms with van der Waals surface area (Å²) in [7, 11) is -3.65. The summed E-state index contributed by atoms with van der Waals surface area (Å²) in [4.78, 5) is 0.189. The van der Waals surface area contributed by atoms with Crippen LogP contribution in [0.25, 0.3) is 0 Å². The van der Waals surface area contributed by atoms with Crippen molar-refractivity contribution < 1.29 is 12.6 Å². The van der Waals surface area contributed by atoms with Crippen molar-refractivity contribution in [3.8, 4) is 0 Å². The molecule has 16 heavy (non-hydrogen) atoms. The fraction of sp³-hybridized carbons (Fsp3) is 0.333. The number of aryl methyl sites for hydroxylation is 1. The lowest BCUT2D eigenvalue weighted by molar-refractivity contribution is 0.232. The topological polar surface area (TPSA) is 43.4 Å². The molecule has 3 nitrogen and oxygen atoms in total. The van der Waals surface area contributed by atoms with E-state index in [1.807, 2.05) is 6.92 Å². The summed E-state index contributed by atoms with van der Waals surface area (Å²) in [5.41, 5.74) is 1.01. The Morgan fingerprint density at radius 2 is 1.94 bits per heavy atom. The van der Waals surface area contributed by atoms with Crippen LogP contribution in [0.1, 0.15) is 18.9 Å². The van der Waals surface area contributed by atoms with Gasteiger partial charge in [-0.2, -0.15) is 8.42 Å². The van der Waals surface area contributed by atoms with Crippen LogP contribution in [0.3, 0.4) is 0 Å². The molecule has 0 spiro atoms. The molecule has 0 N–H and O–H groups in total. The van der Waals surface area contributed by atoms with Gasteiger partial charge in [0, 0.05) is 0 Å². The zero-order valence-electron chi connectivity index (χ0n) is 9.51. The fourth-order valence-corrected chi connectivity index (χ4v) is 2.34. The number of rotatable bonds is 5.